The standard InChI is InChI=1S/C7H9ClN2/c8-4-5-1-2-6(9)3-7(5)10/h1-3H,4,9-10H2. The van der Waals surface area contributed by atoms with E-state index in [0.717, 1.165) is 5.56 Å². The average molecular weight is 157 g/mol. The van der Waals surface area contributed by atoms with Gasteiger partial charge in [0.15, 0.2) is 0 Å². The van der Waals surface area contributed by atoms with Crippen LogP contribution < -0.4 is 11.5 Å². The van der Waals surface area contributed by atoms with Crippen LogP contribution in [0.2, 0.25) is 0 Å². The summed E-state index contributed by atoms with van der Waals surface area (Å²) in [7, 11) is 0. The molecule has 0 spiro atoms. The molecule has 0 radical (unpaired) electrons. The summed E-state index contributed by atoms with van der Waals surface area (Å²) in [6, 6.07) is 5.32. The van der Waals surface area contributed by atoms with E-state index in [1.54, 1.807) is 12.1 Å². The van der Waals surface area contributed by atoms with Crippen molar-refractivity contribution in [3.8, 4) is 0 Å². The number of benzene rings is 1. The Balaban J connectivity index is 3.07. The van der Waals surface area contributed by atoms with E-state index < -0.39 is 0 Å². The number of hydrogen-bond acceptors (Lipinski definition) is 2. The molecule has 1 aromatic carbocycles. The van der Waals surface area contributed by atoms with Crippen molar-refractivity contribution < 1.29 is 0 Å². The Kier molecular flexibility index (Phi) is 2.02. The number of alkyl halides is 1. The Hall–Kier alpha value is -0.890. The van der Waals surface area contributed by atoms with Crippen LogP contribution in [0.15, 0.2) is 18.2 Å². The summed E-state index contributed by atoms with van der Waals surface area (Å²) in [6.45, 7) is 0. The average Bonchev–Trinajstić information content (AvgIpc) is 1.88. The maximum absolute atomic E-state index is 5.57. The first-order chi connectivity index (χ1) is 4.74. The van der Waals surface area contributed by atoms with Gasteiger partial charge in [0.2, 0.25) is 0 Å². The first-order valence-electron chi connectivity index (χ1n) is 2.94. The van der Waals surface area contributed by atoms with E-state index >= 15 is 0 Å². The van der Waals surface area contributed by atoms with Crippen molar-refractivity contribution in [2.24, 2.45) is 0 Å². The molecular weight excluding hydrogens is 148 g/mol. The molecule has 2 nitrogen and oxygen atoms in total. The molecule has 0 saturated carbocycles. The van der Waals surface area contributed by atoms with Crippen molar-refractivity contribution in [3.05, 3.63) is 23.8 Å². The van der Waals surface area contributed by atoms with Crippen molar-refractivity contribution in [3.63, 3.8) is 0 Å². The molecule has 0 fully saturated rings. The Morgan fingerprint density at radius 3 is 2.50 bits per heavy atom. The molecule has 4 N–H and O–H groups in total. The van der Waals surface area contributed by atoms with Gasteiger partial charge in [-0.05, 0) is 17.7 Å². The van der Waals surface area contributed by atoms with Crippen LogP contribution in [0.3, 0.4) is 0 Å². The van der Waals surface area contributed by atoms with Gasteiger partial charge in [-0.15, -0.1) is 11.6 Å². The van der Waals surface area contributed by atoms with Gasteiger partial charge in [-0.2, -0.15) is 0 Å². The number of rotatable bonds is 1. The van der Waals surface area contributed by atoms with Crippen LogP contribution in [-0.4, -0.2) is 0 Å². The second-order valence-electron chi connectivity index (χ2n) is 2.09. The second kappa shape index (κ2) is 2.80. The summed E-state index contributed by atoms with van der Waals surface area (Å²) >= 11 is 5.56. The van der Waals surface area contributed by atoms with Crippen LogP contribution in [0, 0.1) is 0 Å². The summed E-state index contributed by atoms with van der Waals surface area (Å²) in [5.74, 6) is 0.437. The highest BCUT2D eigenvalue weighted by Crippen LogP contribution is 2.16. The zero-order chi connectivity index (χ0) is 7.56. The van der Waals surface area contributed by atoms with Gasteiger partial charge in [-0.1, -0.05) is 6.07 Å². The summed E-state index contributed by atoms with van der Waals surface area (Å²) in [5.41, 5.74) is 13.3. The predicted molar refractivity (Wildman–Crippen MR) is 44.8 cm³/mol. The molecule has 0 saturated heterocycles. The third-order valence-corrected chi connectivity index (χ3v) is 1.60. The maximum atomic E-state index is 5.57. The van der Waals surface area contributed by atoms with E-state index in [2.05, 4.69) is 0 Å². The minimum atomic E-state index is 0.437. The molecule has 0 aliphatic heterocycles. The Bertz CT molecular complexity index is 235. The minimum Gasteiger partial charge on any atom is -0.399 e. The van der Waals surface area contributed by atoms with Crippen molar-refractivity contribution in [2.45, 2.75) is 5.88 Å². The summed E-state index contributed by atoms with van der Waals surface area (Å²) < 4.78 is 0. The normalized spacial score (nSPS) is 9.70. The number of halogens is 1. The minimum absolute atomic E-state index is 0.437. The molecule has 0 atom stereocenters. The molecule has 0 aliphatic rings. The molecule has 0 amide bonds. The molecule has 0 bridgehead atoms. The van der Waals surface area contributed by atoms with Crippen LogP contribution in [0.4, 0.5) is 11.4 Å². The van der Waals surface area contributed by atoms with Crippen LogP contribution in [-0.2, 0) is 5.88 Å². The third kappa shape index (κ3) is 1.33. The Morgan fingerprint density at radius 1 is 1.30 bits per heavy atom. The molecule has 0 heterocycles. The third-order valence-electron chi connectivity index (χ3n) is 1.31. The van der Waals surface area contributed by atoms with Gasteiger partial charge in [0, 0.05) is 17.3 Å². The van der Waals surface area contributed by atoms with E-state index in [1.165, 1.54) is 0 Å². The van der Waals surface area contributed by atoms with Crippen molar-refractivity contribution >= 4 is 23.0 Å². The monoisotopic (exact) mass is 156 g/mol. The molecule has 1 aromatic rings. The lowest BCUT2D eigenvalue weighted by molar-refractivity contribution is 1.41. The van der Waals surface area contributed by atoms with E-state index in [0.29, 0.717) is 17.3 Å². The Labute approximate surface area is 64.8 Å². The van der Waals surface area contributed by atoms with Gasteiger partial charge in [0.25, 0.3) is 0 Å². The first-order valence-corrected chi connectivity index (χ1v) is 3.47. The van der Waals surface area contributed by atoms with Crippen molar-refractivity contribution in [1.29, 1.82) is 0 Å². The molecular formula is C7H9ClN2. The van der Waals surface area contributed by atoms with Gasteiger partial charge in [-0.3, -0.25) is 0 Å². The van der Waals surface area contributed by atoms with Crippen LogP contribution in [0.1, 0.15) is 5.56 Å². The van der Waals surface area contributed by atoms with Crippen LogP contribution in [0.5, 0.6) is 0 Å². The number of nitrogens with two attached hydrogens (primary N) is 2. The van der Waals surface area contributed by atoms with Gasteiger partial charge in [0.1, 0.15) is 0 Å². The zero-order valence-electron chi connectivity index (χ0n) is 5.47. The highest BCUT2D eigenvalue weighted by Gasteiger charge is 1.95. The fourth-order valence-corrected chi connectivity index (χ4v) is 0.978. The van der Waals surface area contributed by atoms with E-state index in [4.69, 9.17) is 23.1 Å². The van der Waals surface area contributed by atoms with Crippen molar-refractivity contribution in [2.75, 3.05) is 11.5 Å². The molecule has 0 aliphatic carbocycles. The lowest BCUT2D eigenvalue weighted by Gasteiger charge is -2.00. The highest BCUT2D eigenvalue weighted by molar-refractivity contribution is 6.17. The number of anilines is 2. The van der Waals surface area contributed by atoms with Gasteiger partial charge < -0.3 is 11.5 Å². The summed E-state index contributed by atoms with van der Waals surface area (Å²) in [4.78, 5) is 0. The lowest BCUT2D eigenvalue weighted by Crippen LogP contribution is -1.93. The topological polar surface area (TPSA) is 52.0 Å². The lowest BCUT2D eigenvalue weighted by atomic mass is 10.2. The number of hydrogen-bond donors (Lipinski definition) is 2. The highest BCUT2D eigenvalue weighted by atomic mass is 35.5. The fourth-order valence-electron chi connectivity index (χ4n) is 0.735. The maximum Gasteiger partial charge on any atom is 0.0494 e. The van der Waals surface area contributed by atoms with Crippen LogP contribution in [0.25, 0.3) is 0 Å². The van der Waals surface area contributed by atoms with E-state index in [1.807, 2.05) is 6.07 Å². The molecule has 0 aromatic heterocycles. The predicted octanol–water partition coefficient (Wildman–Crippen LogP) is 1.59. The Morgan fingerprint density at radius 2 is 2.00 bits per heavy atom. The molecule has 0 unspecified atom stereocenters. The molecule has 3 heteroatoms. The van der Waals surface area contributed by atoms with Crippen molar-refractivity contribution in [1.82, 2.24) is 0 Å². The molecule has 54 valence electrons. The summed E-state index contributed by atoms with van der Waals surface area (Å²) in [5, 5.41) is 0. The molecule has 10 heavy (non-hydrogen) atoms. The number of nitrogen functional groups attached to an aromatic ring is 2. The fraction of sp³-hybridized carbons (Fsp3) is 0.143. The van der Waals surface area contributed by atoms with Gasteiger partial charge in [-0.25, -0.2) is 0 Å². The van der Waals surface area contributed by atoms with E-state index in [9.17, 15) is 0 Å². The van der Waals surface area contributed by atoms with E-state index in [-0.39, 0.29) is 0 Å². The summed E-state index contributed by atoms with van der Waals surface area (Å²) in [6.07, 6.45) is 0. The van der Waals surface area contributed by atoms with Gasteiger partial charge in [0.05, 0.1) is 0 Å². The largest absolute Gasteiger partial charge is 0.399 e. The first kappa shape index (κ1) is 7.22. The SMILES string of the molecule is Nc1ccc(CCl)c(N)c1. The second-order valence-corrected chi connectivity index (χ2v) is 2.36. The molecule has 1 rings (SSSR count). The quantitative estimate of drug-likeness (QED) is 0.479. The van der Waals surface area contributed by atoms with Gasteiger partial charge >= 0.3 is 0 Å². The smallest absolute Gasteiger partial charge is 0.0494 e. The van der Waals surface area contributed by atoms with Crippen LogP contribution >= 0.6 is 11.6 Å². The zero-order valence-corrected chi connectivity index (χ0v) is 6.23.